The van der Waals surface area contributed by atoms with E-state index in [9.17, 15) is 69.8 Å². The molecule has 7 unspecified atom stereocenters. The van der Waals surface area contributed by atoms with Crippen molar-refractivity contribution in [3.63, 3.8) is 0 Å². The lowest BCUT2D eigenvalue weighted by molar-refractivity contribution is -0.138. The van der Waals surface area contributed by atoms with Crippen molar-refractivity contribution in [1.82, 2.24) is 40.0 Å². The van der Waals surface area contributed by atoms with Gasteiger partial charge in [0.15, 0.2) is 11.4 Å². The van der Waals surface area contributed by atoms with Gasteiger partial charge >= 0.3 is 12.4 Å². The first-order valence-electron chi connectivity index (χ1n) is 28.9. The molecule has 3 saturated heterocycles. The smallest absolute Gasteiger partial charge is 0.381 e. The van der Waals surface area contributed by atoms with Crippen LogP contribution in [0.15, 0.2) is 78.9 Å². The van der Waals surface area contributed by atoms with E-state index in [1.54, 1.807) is 42.8 Å². The van der Waals surface area contributed by atoms with Crippen molar-refractivity contribution in [2.45, 2.75) is 113 Å². The summed E-state index contributed by atoms with van der Waals surface area (Å²) in [5.74, 6) is -3.82. The fraction of sp³-hybridized carbons (Fsp3) is 0.467. The molecule has 7 aliphatic rings. The maximum Gasteiger partial charge on any atom is 0.416 e. The van der Waals surface area contributed by atoms with Gasteiger partial charge in [-0.2, -0.15) is 47.1 Å². The number of alkyl halides is 6. The Balaban J connectivity index is 0.000000181. The van der Waals surface area contributed by atoms with Crippen molar-refractivity contribution in [3.8, 4) is 17.8 Å². The Morgan fingerprint density at radius 2 is 1.14 bits per heavy atom. The fourth-order valence-corrected chi connectivity index (χ4v) is 13.7. The second-order valence-corrected chi connectivity index (χ2v) is 24.2. The first-order chi connectivity index (χ1) is 41.7. The normalized spacial score (nSPS) is 23.9. The minimum atomic E-state index is -4.66. The van der Waals surface area contributed by atoms with E-state index in [0.717, 1.165) is 49.2 Å². The number of hydrogen-bond donors (Lipinski definition) is 2. The molecule has 7 heterocycles. The largest absolute Gasteiger partial charge is 0.416 e. The molecule has 2 N–H and O–H groups in total. The molecule has 3 aromatic carbocycles. The number of carbonyl (C=O) groups excluding carboxylic acids is 6. The number of likely N-dealkylation sites (tertiary alicyclic amines) is 1. The number of nitrogens with zero attached hydrogens (tertiary/aromatic N) is 10. The summed E-state index contributed by atoms with van der Waals surface area (Å²) in [5.41, 5.74) is -0.666. The highest BCUT2D eigenvalue weighted by atomic mass is 32.2. The minimum Gasteiger partial charge on any atom is -0.381 e. The molecule has 7 atom stereocenters. The maximum absolute atomic E-state index is 14.2. The quantitative estimate of drug-likeness (QED) is 0.117. The van der Waals surface area contributed by atoms with Crippen LogP contribution in [0.25, 0.3) is 5.69 Å². The number of nitrogens with one attached hydrogen (secondary N) is 2. The van der Waals surface area contributed by atoms with Gasteiger partial charge in [0.1, 0.15) is 35.8 Å². The predicted molar refractivity (Wildman–Crippen MR) is 301 cm³/mol. The summed E-state index contributed by atoms with van der Waals surface area (Å²) >= 11 is 0. The molecule has 6 amide bonds. The van der Waals surface area contributed by atoms with Gasteiger partial charge in [0, 0.05) is 90.0 Å². The van der Waals surface area contributed by atoms with Crippen LogP contribution in [0.1, 0.15) is 141 Å². The lowest BCUT2D eigenvalue weighted by atomic mass is 9.82. The monoisotopic (exact) mass is 1220 g/mol. The van der Waals surface area contributed by atoms with Crippen molar-refractivity contribution < 1.29 is 64.1 Å². The molecule has 87 heavy (non-hydrogen) atoms. The van der Waals surface area contributed by atoms with Gasteiger partial charge < -0.3 is 25.2 Å². The number of rotatable bonds is 12. The number of nitriles is 2. The zero-order chi connectivity index (χ0) is 61.8. The molecular formula is C60H60F6N12O8S. The molecule has 5 aromatic rings. The summed E-state index contributed by atoms with van der Waals surface area (Å²) in [6.07, 6.45) is -4.52. The Morgan fingerprint density at radius 1 is 0.644 bits per heavy atom. The van der Waals surface area contributed by atoms with E-state index in [-0.39, 0.29) is 71.5 Å². The van der Waals surface area contributed by atoms with Crippen LogP contribution in [0, 0.1) is 34.5 Å². The Hall–Kier alpha value is -8.43. The minimum absolute atomic E-state index is 0.00508. The van der Waals surface area contributed by atoms with Crippen molar-refractivity contribution in [2.24, 2.45) is 11.8 Å². The molecule has 5 aliphatic heterocycles. The average molecular weight is 1220 g/mol. The number of ether oxygens (including phenoxy) is 1. The third kappa shape index (κ3) is 11.6. The van der Waals surface area contributed by atoms with E-state index in [4.69, 9.17) is 14.9 Å². The summed E-state index contributed by atoms with van der Waals surface area (Å²) in [5, 5.41) is 34.3. The molecule has 20 nitrogen and oxygen atoms in total. The summed E-state index contributed by atoms with van der Waals surface area (Å²) in [7, 11) is -1.26. The number of halogens is 6. The van der Waals surface area contributed by atoms with Gasteiger partial charge in [-0.05, 0) is 119 Å². The molecule has 5 fully saturated rings. The van der Waals surface area contributed by atoms with Gasteiger partial charge in [-0.3, -0.25) is 42.8 Å². The van der Waals surface area contributed by atoms with Crippen LogP contribution in [0.5, 0.6) is 0 Å². The van der Waals surface area contributed by atoms with Crippen LogP contribution in [0.4, 0.5) is 38.0 Å². The number of para-hydroxylation sites is 1. The lowest BCUT2D eigenvalue weighted by Crippen LogP contribution is -2.56. The van der Waals surface area contributed by atoms with E-state index in [2.05, 4.69) is 22.8 Å². The number of benzene rings is 3. The lowest BCUT2D eigenvalue weighted by Gasteiger charge is -2.40. The van der Waals surface area contributed by atoms with Crippen LogP contribution < -0.4 is 20.4 Å². The number of aromatic nitrogens is 4. The molecule has 2 aromatic heterocycles. The Kier molecular flexibility index (Phi) is 16.6. The molecule has 0 spiro atoms. The van der Waals surface area contributed by atoms with Gasteiger partial charge in [0.05, 0.1) is 40.7 Å². The van der Waals surface area contributed by atoms with E-state index >= 15 is 0 Å². The van der Waals surface area contributed by atoms with Gasteiger partial charge in [-0.15, -0.1) is 0 Å². The van der Waals surface area contributed by atoms with Crippen LogP contribution in [-0.4, -0.2) is 144 Å². The second kappa shape index (κ2) is 24.0. The van der Waals surface area contributed by atoms with E-state index in [1.807, 2.05) is 6.07 Å². The molecule has 0 radical (unpaired) electrons. The third-order valence-corrected chi connectivity index (χ3v) is 18.5. The number of carbonyl (C=O) groups is 6. The zero-order valence-electron chi connectivity index (χ0n) is 47.2. The molecule has 27 heteroatoms. The number of anilines is 2. The number of hydrogen-bond acceptors (Lipinski definition) is 12. The average Bonchev–Trinajstić information content (AvgIpc) is 1.61. The number of fused-ring (bicyclic) bond motifs is 2. The van der Waals surface area contributed by atoms with Gasteiger partial charge in [0.2, 0.25) is 0 Å². The van der Waals surface area contributed by atoms with E-state index in [0.29, 0.717) is 80.3 Å². The van der Waals surface area contributed by atoms with Crippen LogP contribution >= 0.6 is 0 Å². The second-order valence-electron chi connectivity index (χ2n) is 22.5. The summed E-state index contributed by atoms with van der Waals surface area (Å²) in [4.78, 5) is 89.0. The van der Waals surface area contributed by atoms with Crippen LogP contribution in [-0.2, 0) is 37.5 Å². The van der Waals surface area contributed by atoms with Crippen molar-refractivity contribution >= 4 is 57.9 Å². The topological polar surface area (TPSA) is 249 Å². The maximum atomic E-state index is 14.2. The zero-order valence-corrected chi connectivity index (χ0v) is 48.0. The Morgan fingerprint density at radius 3 is 1.61 bits per heavy atom. The highest BCUT2D eigenvalue weighted by molar-refractivity contribution is 7.85. The van der Waals surface area contributed by atoms with Gasteiger partial charge in [0.25, 0.3) is 35.4 Å². The Bertz CT molecular complexity index is 3660. The van der Waals surface area contributed by atoms with E-state index in [1.165, 1.54) is 36.4 Å². The molecule has 2 saturated carbocycles. The molecular weight excluding hydrogens is 1160 g/mol. The van der Waals surface area contributed by atoms with E-state index < -0.39 is 106 Å². The molecule has 2 aliphatic carbocycles. The summed E-state index contributed by atoms with van der Waals surface area (Å²) in [6.45, 7) is 5.41. The SMILES string of the molecule is CCN1C(=O)C(NC(=O)c2cccc(C(F)(F)F)c2)C(C2CC2)c2c(C(=O)N3CCC3C#N)nn(C3CCOCC3)c21.CCN1C(=O)C(NC(=O)c2cccc(C(F)(F)F)c2)C(C2CC2)c2c(C(=O)N3CCS(=O)CC3C#N)nn(-c3ccccc3)c21. The van der Waals surface area contributed by atoms with Crippen LogP contribution in [0.2, 0.25) is 0 Å². The first-order valence-corrected chi connectivity index (χ1v) is 30.4. The Labute approximate surface area is 497 Å². The fourth-order valence-electron chi connectivity index (χ4n) is 12.5. The van der Waals surface area contributed by atoms with Gasteiger partial charge in [-0.1, -0.05) is 30.3 Å². The first kappa shape index (κ1) is 60.3. The molecule has 0 bridgehead atoms. The highest BCUT2D eigenvalue weighted by Gasteiger charge is 2.55. The third-order valence-electron chi connectivity index (χ3n) is 17.2. The standard InChI is InChI=1S/C31H29F3N6O4S.C29H31F3N6O4/c1-2-38-28-24(23(18-11-12-18)25(29(38)42)36-27(41)19-7-6-8-20(15-19)31(32,33)34)26(37-40(28)21-9-4-3-5-10-21)30(43)39-13-14-45(44)17-22(39)16-35;1-2-36-26-22(24(28(41)37-11-8-20(37)15-33)35-38(26)19-9-12-42-13-10-19)21(16-6-7-16)23(27(36)40)34-25(39)17-4-3-5-18(14-17)29(30,31)32/h3-10,15,18,22-23,25H,2,11-14,17H2,1H3,(H,36,41);3-5,14,16,19-21,23H,2,6-13H2,1H3,(H,34,39). The molecule has 456 valence electrons. The van der Waals surface area contributed by atoms with Crippen molar-refractivity contribution in [3.05, 3.63) is 124 Å². The highest BCUT2D eigenvalue weighted by Crippen LogP contribution is 2.54. The number of amides is 6. The predicted octanol–water partition coefficient (Wildman–Crippen LogP) is 7.30. The van der Waals surface area contributed by atoms with Crippen molar-refractivity contribution in [2.75, 3.05) is 60.7 Å². The number of likely N-dealkylation sites (N-methyl/N-ethyl adjacent to an activating group) is 2. The molecule has 12 rings (SSSR count). The summed E-state index contributed by atoms with van der Waals surface area (Å²) in [6, 6.07) is 17.3. The van der Waals surface area contributed by atoms with Crippen LogP contribution in [0.3, 0.4) is 0 Å². The summed E-state index contributed by atoms with van der Waals surface area (Å²) < 4.78 is 101. The van der Waals surface area contributed by atoms with Crippen molar-refractivity contribution in [1.29, 1.82) is 10.5 Å². The van der Waals surface area contributed by atoms with Gasteiger partial charge in [-0.25, -0.2) is 9.36 Å².